The van der Waals surface area contributed by atoms with Crippen molar-refractivity contribution < 1.29 is 4.79 Å². The first-order valence-corrected chi connectivity index (χ1v) is 4.33. The summed E-state index contributed by atoms with van der Waals surface area (Å²) in [6.07, 6.45) is 6.06. The second-order valence-corrected chi connectivity index (χ2v) is 2.79. The molecular weight excluding hydrogens is 192 g/mol. The van der Waals surface area contributed by atoms with Crippen molar-refractivity contribution in [2.75, 3.05) is 5.32 Å². The van der Waals surface area contributed by atoms with Crippen LogP contribution in [0.25, 0.3) is 0 Å². The molecule has 5 nitrogen and oxygen atoms in total. The lowest BCUT2D eigenvalue weighted by atomic mass is 10.3. The molecule has 2 aromatic heterocycles. The number of hydrogen-bond acceptors (Lipinski definition) is 4. The van der Waals surface area contributed by atoms with Gasteiger partial charge >= 0.3 is 0 Å². The van der Waals surface area contributed by atoms with Gasteiger partial charge in [-0.25, -0.2) is 9.97 Å². The number of amides is 1. The Morgan fingerprint density at radius 2 is 2.13 bits per heavy atom. The second-order valence-electron chi connectivity index (χ2n) is 2.79. The minimum Gasteiger partial charge on any atom is -0.319 e. The van der Waals surface area contributed by atoms with Crippen LogP contribution in [0.5, 0.6) is 0 Å². The summed E-state index contributed by atoms with van der Waals surface area (Å²) in [5, 5.41) is 2.67. The monoisotopic (exact) mass is 200 g/mol. The number of pyridine rings is 1. The van der Waals surface area contributed by atoms with Gasteiger partial charge in [-0.05, 0) is 18.2 Å². The molecule has 0 aromatic carbocycles. The highest BCUT2D eigenvalue weighted by Gasteiger charge is 2.05. The highest BCUT2D eigenvalue weighted by molar-refractivity contribution is 6.02. The normalized spacial score (nSPS) is 9.60. The molecule has 5 heteroatoms. The number of nitrogens with zero attached hydrogens (tertiary/aromatic N) is 3. The van der Waals surface area contributed by atoms with E-state index < -0.39 is 0 Å². The summed E-state index contributed by atoms with van der Waals surface area (Å²) < 4.78 is 0. The van der Waals surface area contributed by atoms with E-state index in [2.05, 4.69) is 20.3 Å². The van der Waals surface area contributed by atoms with Crippen molar-refractivity contribution in [1.82, 2.24) is 15.0 Å². The summed E-state index contributed by atoms with van der Waals surface area (Å²) in [6.45, 7) is 0. The lowest BCUT2D eigenvalue weighted by Gasteiger charge is -2.02. The Hall–Kier alpha value is -2.30. The van der Waals surface area contributed by atoms with E-state index in [1.165, 1.54) is 12.5 Å². The Morgan fingerprint density at radius 1 is 1.20 bits per heavy atom. The van der Waals surface area contributed by atoms with Crippen molar-refractivity contribution in [1.29, 1.82) is 0 Å². The maximum absolute atomic E-state index is 11.6. The molecular formula is C10H8N4O. The molecule has 2 rings (SSSR count). The Bertz CT molecular complexity index is 443. The molecule has 0 radical (unpaired) electrons. The molecule has 0 fully saturated rings. The number of nitrogens with one attached hydrogen (secondary N) is 1. The second kappa shape index (κ2) is 4.28. The Morgan fingerprint density at radius 3 is 2.80 bits per heavy atom. The SMILES string of the molecule is O=C(Nc1cccnc1)c1ccncn1. The van der Waals surface area contributed by atoms with E-state index in [4.69, 9.17) is 0 Å². The van der Waals surface area contributed by atoms with Gasteiger partial charge in [-0.15, -0.1) is 0 Å². The zero-order valence-corrected chi connectivity index (χ0v) is 7.79. The highest BCUT2D eigenvalue weighted by atomic mass is 16.1. The van der Waals surface area contributed by atoms with Gasteiger partial charge in [0.25, 0.3) is 5.91 Å². The number of rotatable bonds is 2. The van der Waals surface area contributed by atoms with Gasteiger partial charge in [0.15, 0.2) is 0 Å². The van der Waals surface area contributed by atoms with Crippen LogP contribution in [0.15, 0.2) is 43.1 Å². The molecule has 0 atom stereocenters. The van der Waals surface area contributed by atoms with E-state index in [-0.39, 0.29) is 5.91 Å². The van der Waals surface area contributed by atoms with Crippen LogP contribution in [0.4, 0.5) is 5.69 Å². The topological polar surface area (TPSA) is 67.8 Å². The van der Waals surface area contributed by atoms with Gasteiger partial charge in [0, 0.05) is 12.4 Å². The summed E-state index contributed by atoms with van der Waals surface area (Å²) in [4.78, 5) is 23.0. The molecule has 2 heterocycles. The van der Waals surface area contributed by atoms with Gasteiger partial charge in [-0.3, -0.25) is 9.78 Å². The van der Waals surface area contributed by atoms with Crippen LogP contribution in [0.2, 0.25) is 0 Å². The molecule has 0 spiro atoms. The third kappa shape index (κ3) is 2.34. The predicted octanol–water partition coefficient (Wildman–Crippen LogP) is 1.12. The number of carbonyl (C=O) groups is 1. The number of aromatic nitrogens is 3. The van der Waals surface area contributed by atoms with Crippen molar-refractivity contribution in [3.63, 3.8) is 0 Å². The van der Waals surface area contributed by atoms with E-state index in [0.29, 0.717) is 11.4 Å². The fourth-order valence-electron chi connectivity index (χ4n) is 1.06. The maximum Gasteiger partial charge on any atom is 0.274 e. The summed E-state index contributed by atoms with van der Waals surface area (Å²) in [7, 11) is 0. The Balaban J connectivity index is 2.12. The molecule has 0 aliphatic heterocycles. The lowest BCUT2D eigenvalue weighted by Crippen LogP contribution is -2.13. The molecule has 0 aliphatic carbocycles. The molecule has 0 unspecified atom stereocenters. The minimum atomic E-state index is -0.273. The van der Waals surface area contributed by atoms with Crippen molar-refractivity contribution in [3.05, 3.63) is 48.8 Å². The molecule has 0 bridgehead atoms. The van der Waals surface area contributed by atoms with Crippen LogP contribution in [0.1, 0.15) is 10.5 Å². The average Bonchev–Trinajstić information content (AvgIpc) is 2.31. The van der Waals surface area contributed by atoms with Gasteiger partial charge < -0.3 is 5.32 Å². The van der Waals surface area contributed by atoms with Crippen molar-refractivity contribution >= 4 is 11.6 Å². The molecule has 15 heavy (non-hydrogen) atoms. The number of hydrogen-bond donors (Lipinski definition) is 1. The molecule has 1 amide bonds. The number of carbonyl (C=O) groups excluding carboxylic acids is 1. The maximum atomic E-state index is 11.6. The largest absolute Gasteiger partial charge is 0.319 e. The third-order valence-corrected chi connectivity index (χ3v) is 1.73. The molecule has 74 valence electrons. The first-order chi connectivity index (χ1) is 7.36. The molecule has 2 aromatic rings. The molecule has 0 aliphatic rings. The van der Waals surface area contributed by atoms with E-state index in [9.17, 15) is 4.79 Å². The quantitative estimate of drug-likeness (QED) is 0.788. The molecule has 1 N–H and O–H groups in total. The minimum absolute atomic E-state index is 0.273. The Kier molecular flexibility index (Phi) is 2.64. The van der Waals surface area contributed by atoms with Crippen LogP contribution in [0.3, 0.4) is 0 Å². The van der Waals surface area contributed by atoms with Gasteiger partial charge in [0.2, 0.25) is 0 Å². The first kappa shape index (κ1) is 9.26. The van der Waals surface area contributed by atoms with Gasteiger partial charge in [0.05, 0.1) is 11.9 Å². The molecule has 0 saturated heterocycles. The van der Waals surface area contributed by atoms with Gasteiger partial charge in [0.1, 0.15) is 12.0 Å². The van der Waals surface area contributed by atoms with E-state index >= 15 is 0 Å². The Labute approximate surface area is 86.2 Å². The third-order valence-electron chi connectivity index (χ3n) is 1.73. The number of anilines is 1. The van der Waals surface area contributed by atoms with Gasteiger partial charge in [-0.2, -0.15) is 0 Å². The van der Waals surface area contributed by atoms with Crippen LogP contribution in [-0.2, 0) is 0 Å². The van der Waals surface area contributed by atoms with Crippen molar-refractivity contribution in [2.45, 2.75) is 0 Å². The van der Waals surface area contributed by atoms with Crippen LogP contribution >= 0.6 is 0 Å². The van der Waals surface area contributed by atoms with Crippen molar-refractivity contribution in [3.8, 4) is 0 Å². The van der Waals surface area contributed by atoms with E-state index in [1.807, 2.05) is 0 Å². The fourth-order valence-corrected chi connectivity index (χ4v) is 1.06. The van der Waals surface area contributed by atoms with Gasteiger partial charge in [-0.1, -0.05) is 0 Å². The summed E-state index contributed by atoms with van der Waals surface area (Å²) in [5.41, 5.74) is 0.968. The zero-order chi connectivity index (χ0) is 10.5. The summed E-state index contributed by atoms with van der Waals surface area (Å²) in [5.74, 6) is -0.273. The predicted molar refractivity (Wildman–Crippen MR) is 54.2 cm³/mol. The zero-order valence-electron chi connectivity index (χ0n) is 7.79. The standard InChI is InChI=1S/C10H8N4O/c15-10(9-3-5-12-7-13-9)14-8-2-1-4-11-6-8/h1-7H,(H,14,15). The van der Waals surface area contributed by atoms with Crippen LogP contribution in [0, 0.1) is 0 Å². The van der Waals surface area contributed by atoms with Crippen LogP contribution in [-0.4, -0.2) is 20.9 Å². The summed E-state index contributed by atoms with van der Waals surface area (Å²) >= 11 is 0. The molecule has 0 saturated carbocycles. The first-order valence-electron chi connectivity index (χ1n) is 4.33. The van der Waals surface area contributed by atoms with Crippen LogP contribution < -0.4 is 5.32 Å². The lowest BCUT2D eigenvalue weighted by molar-refractivity contribution is 0.102. The fraction of sp³-hybridized carbons (Fsp3) is 0. The van der Waals surface area contributed by atoms with E-state index in [0.717, 1.165) is 0 Å². The smallest absolute Gasteiger partial charge is 0.274 e. The van der Waals surface area contributed by atoms with Crippen molar-refractivity contribution in [2.24, 2.45) is 0 Å². The summed E-state index contributed by atoms with van der Waals surface area (Å²) in [6, 6.07) is 5.05. The average molecular weight is 200 g/mol. The van der Waals surface area contributed by atoms with E-state index in [1.54, 1.807) is 30.6 Å². The highest BCUT2D eigenvalue weighted by Crippen LogP contribution is 2.04.